The molecular weight excluding hydrogens is 228 g/mol. The lowest BCUT2D eigenvalue weighted by molar-refractivity contribution is 0.190. The van der Waals surface area contributed by atoms with Crippen LogP contribution in [0.5, 0.6) is 0 Å². The standard InChI is InChI=1S/C12H32N6/c13-4-1-3-12(11-17-8-2-5-14)18(9-6-15)10-7-16/h12,17H,1-11,13-16H2/t12-/m1/s1. The van der Waals surface area contributed by atoms with Gasteiger partial charge < -0.3 is 28.3 Å². The van der Waals surface area contributed by atoms with Gasteiger partial charge in [0.1, 0.15) is 0 Å². The molecule has 0 unspecified atom stereocenters. The van der Waals surface area contributed by atoms with Gasteiger partial charge >= 0.3 is 0 Å². The number of nitrogens with two attached hydrogens (primary N) is 4. The first-order chi connectivity index (χ1) is 8.79. The fourth-order valence-electron chi connectivity index (χ4n) is 2.07. The van der Waals surface area contributed by atoms with Gasteiger partial charge in [-0.15, -0.1) is 0 Å². The van der Waals surface area contributed by atoms with Crippen LogP contribution >= 0.6 is 0 Å². The number of nitrogens with one attached hydrogen (secondary N) is 1. The second kappa shape index (κ2) is 13.2. The molecule has 0 radical (unpaired) electrons. The van der Waals surface area contributed by atoms with Crippen LogP contribution in [-0.4, -0.2) is 63.3 Å². The van der Waals surface area contributed by atoms with Crippen molar-refractivity contribution in [3.05, 3.63) is 0 Å². The molecule has 1 atom stereocenters. The van der Waals surface area contributed by atoms with Gasteiger partial charge in [0.05, 0.1) is 0 Å². The molecule has 9 N–H and O–H groups in total. The Hall–Kier alpha value is -0.240. The van der Waals surface area contributed by atoms with Gasteiger partial charge in [-0.1, -0.05) is 0 Å². The minimum Gasteiger partial charge on any atom is -0.330 e. The first-order valence-electron chi connectivity index (χ1n) is 7.05. The third-order valence-electron chi connectivity index (χ3n) is 3.03. The van der Waals surface area contributed by atoms with Crippen molar-refractivity contribution in [3.63, 3.8) is 0 Å². The quantitative estimate of drug-likeness (QED) is 0.251. The van der Waals surface area contributed by atoms with Crippen molar-refractivity contribution in [1.29, 1.82) is 0 Å². The molecule has 0 saturated heterocycles. The molecule has 0 spiro atoms. The van der Waals surface area contributed by atoms with E-state index >= 15 is 0 Å². The van der Waals surface area contributed by atoms with Crippen LogP contribution in [0.15, 0.2) is 0 Å². The van der Waals surface area contributed by atoms with Crippen LogP contribution in [0.25, 0.3) is 0 Å². The SMILES string of the molecule is NCCCNC[C@@H](CCCN)N(CCN)CCN. The maximum Gasteiger partial charge on any atom is 0.0222 e. The van der Waals surface area contributed by atoms with Crippen LogP contribution in [0.2, 0.25) is 0 Å². The van der Waals surface area contributed by atoms with Gasteiger partial charge in [-0.3, -0.25) is 4.90 Å². The second-order valence-electron chi connectivity index (χ2n) is 4.54. The number of hydrogen-bond donors (Lipinski definition) is 5. The number of hydrogen-bond acceptors (Lipinski definition) is 6. The van der Waals surface area contributed by atoms with E-state index < -0.39 is 0 Å². The highest BCUT2D eigenvalue weighted by Crippen LogP contribution is 2.05. The van der Waals surface area contributed by atoms with Crippen LogP contribution < -0.4 is 28.3 Å². The van der Waals surface area contributed by atoms with E-state index in [1.165, 1.54) is 0 Å². The molecule has 0 bridgehead atoms. The zero-order chi connectivity index (χ0) is 13.6. The van der Waals surface area contributed by atoms with E-state index in [1.54, 1.807) is 0 Å². The average Bonchev–Trinajstić information content (AvgIpc) is 2.38. The zero-order valence-corrected chi connectivity index (χ0v) is 11.6. The lowest BCUT2D eigenvalue weighted by atomic mass is 10.1. The van der Waals surface area contributed by atoms with Crippen LogP contribution in [-0.2, 0) is 0 Å². The third kappa shape index (κ3) is 8.79. The van der Waals surface area contributed by atoms with E-state index in [0.717, 1.165) is 58.5 Å². The summed E-state index contributed by atoms with van der Waals surface area (Å²) in [6, 6.07) is 0.471. The molecule has 0 aliphatic carbocycles. The van der Waals surface area contributed by atoms with E-state index in [9.17, 15) is 0 Å². The van der Waals surface area contributed by atoms with Gasteiger partial charge in [-0.05, 0) is 38.9 Å². The van der Waals surface area contributed by atoms with E-state index in [4.69, 9.17) is 22.9 Å². The molecule has 0 rings (SSSR count). The third-order valence-corrected chi connectivity index (χ3v) is 3.03. The van der Waals surface area contributed by atoms with E-state index in [1.807, 2.05) is 0 Å². The molecule has 0 amide bonds. The number of rotatable bonds is 13. The molecule has 110 valence electrons. The van der Waals surface area contributed by atoms with E-state index in [-0.39, 0.29) is 0 Å². The molecule has 0 fully saturated rings. The summed E-state index contributed by atoms with van der Waals surface area (Å²) in [5.74, 6) is 0. The Morgan fingerprint density at radius 1 is 0.833 bits per heavy atom. The van der Waals surface area contributed by atoms with Gasteiger partial charge in [-0.2, -0.15) is 0 Å². The molecule has 6 nitrogen and oxygen atoms in total. The molecule has 0 aliphatic heterocycles. The van der Waals surface area contributed by atoms with Crippen LogP contribution in [0.1, 0.15) is 19.3 Å². The first-order valence-corrected chi connectivity index (χ1v) is 7.05. The Morgan fingerprint density at radius 3 is 1.94 bits per heavy atom. The zero-order valence-electron chi connectivity index (χ0n) is 11.6. The average molecular weight is 260 g/mol. The van der Waals surface area contributed by atoms with Crippen molar-refractivity contribution < 1.29 is 0 Å². The minimum absolute atomic E-state index is 0.471. The van der Waals surface area contributed by atoms with E-state index in [2.05, 4.69) is 10.2 Å². The molecule has 0 saturated carbocycles. The Kier molecular flexibility index (Phi) is 13.0. The van der Waals surface area contributed by atoms with Gasteiger partial charge in [0.2, 0.25) is 0 Å². The molecule has 0 aromatic rings. The molecular formula is C12H32N6. The van der Waals surface area contributed by atoms with Crippen LogP contribution in [0, 0.1) is 0 Å². The van der Waals surface area contributed by atoms with Gasteiger partial charge in [0, 0.05) is 38.8 Å². The molecule has 0 aromatic heterocycles. The van der Waals surface area contributed by atoms with Crippen molar-refractivity contribution in [2.75, 3.05) is 52.4 Å². The van der Waals surface area contributed by atoms with Gasteiger partial charge in [-0.25, -0.2) is 0 Å². The molecule has 6 heteroatoms. The summed E-state index contributed by atoms with van der Waals surface area (Å²) >= 11 is 0. The summed E-state index contributed by atoms with van der Waals surface area (Å²) in [5.41, 5.74) is 22.4. The summed E-state index contributed by atoms with van der Waals surface area (Å²) < 4.78 is 0. The van der Waals surface area contributed by atoms with Crippen LogP contribution in [0.3, 0.4) is 0 Å². The summed E-state index contributed by atoms with van der Waals surface area (Å²) in [5, 5.41) is 3.45. The Balaban J connectivity index is 4.13. The van der Waals surface area contributed by atoms with Gasteiger partial charge in [0.25, 0.3) is 0 Å². The van der Waals surface area contributed by atoms with E-state index in [0.29, 0.717) is 19.1 Å². The number of nitrogens with zero attached hydrogens (tertiary/aromatic N) is 1. The Morgan fingerprint density at radius 2 is 1.44 bits per heavy atom. The van der Waals surface area contributed by atoms with Crippen molar-refractivity contribution in [1.82, 2.24) is 10.2 Å². The van der Waals surface area contributed by atoms with Crippen molar-refractivity contribution in [2.45, 2.75) is 25.3 Å². The van der Waals surface area contributed by atoms with Gasteiger partial charge in [0.15, 0.2) is 0 Å². The molecule has 0 aromatic carbocycles. The molecule has 18 heavy (non-hydrogen) atoms. The predicted molar refractivity (Wildman–Crippen MR) is 78.3 cm³/mol. The smallest absolute Gasteiger partial charge is 0.0222 e. The monoisotopic (exact) mass is 260 g/mol. The molecule has 0 heterocycles. The fraction of sp³-hybridized carbons (Fsp3) is 1.00. The topological polar surface area (TPSA) is 119 Å². The van der Waals surface area contributed by atoms with Crippen molar-refractivity contribution >= 4 is 0 Å². The maximum atomic E-state index is 5.66. The lowest BCUT2D eigenvalue weighted by Crippen LogP contribution is -2.47. The summed E-state index contributed by atoms with van der Waals surface area (Å²) in [6.07, 6.45) is 3.14. The summed E-state index contributed by atoms with van der Waals surface area (Å²) in [7, 11) is 0. The highest BCUT2D eigenvalue weighted by atomic mass is 15.2. The largest absolute Gasteiger partial charge is 0.330 e. The highest BCUT2D eigenvalue weighted by Gasteiger charge is 2.16. The second-order valence-corrected chi connectivity index (χ2v) is 4.54. The lowest BCUT2D eigenvalue weighted by Gasteiger charge is -2.31. The Labute approximate surface area is 111 Å². The first kappa shape index (κ1) is 17.8. The van der Waals surface area contributed by atoms with Crippen molar-refractivity contribution in [2.24, 2.45) is 22.9 Å². The summed E-state index contributed by atoms with van der Waals surface area (Å²) in [4.78, 5) is 2.37. The highest BCUT2D eigenvalue weighted by molar-refractivity contribution is 4.75. The molecule has 0 aliphatic rings. The Bertz CT molecular complexity index is 161. The van der Waals surface area contributed by atoms with Crippen LogP contribution in [0.4, 0.5) is 0 Å². The predicted octanol–water partition coefficient (Wildman–Crippen LogP) is -1.75. The van der Waals surface area contributed by atoms with Crippen molar-refractivity contribution in [3.8, 4) is 0 Å². The fourth-order valence-corrected chi connectivity index (χ4v) is 2.07. The maximum absolute atomic E-state index is 5.66. The minimum atomic E-state index is 0.471. The summed E-state index contributed by atoms with van der Waals surface area (Å²) in [6.45, 7) is 6.52. The normalized spacial score (nSPS) is 13.2.